The van der Waals surface area contributed by atoms with Crippen LogP contribution in [0.5, 0.6) is 0 Å². The second-order valence-electron chi connectivity index (χ2n) is 5.04. The number of amides is 1. The lowest BCUT2D eigenvalue weighted by molar-refractivity contribution is -0.119. The lowest BCUT2D eigenvalue weighted by Crippen LogP contribution is -2.41. The standard InChI is InChI=1S/C17H17Cl3N2O/c1-3-16(21-2)17(23)22(20)13-7-4-11(5-8-13)12-6-9-14(18)15(19)10-12/h4-10,16,21H,3H2,1-2H3/t16-/m0/s1. The maximum Gasteiger partial charge on any atom is 0.258 e. The summed E-state index contributed by atoms with van der Waals surface area (Å²) in [5, 5.41) is 3.97. The highest BCUT2D eigenvalue weighted by atomic mass is 35.5. The summed E-state index contributed by atoms with van der Waals surface area (Å²) in [6.45, 7) is 1.93. The van der Waals surface area contributed by atoms with Gasteiger partial charge in [0.25, 0.3) is 5.91 Å². The zero-order valence-corrected chi connectivity index (χ0v) is 15.1. The highest BCUT2D eigenvalue weighted by Gasteiger charge is 2.21. The molecule has 1 N–H and O–H groups in total. The van der Waals surface area contributed by atoms with Crippen molar-refractivity contribution < 1.29 is 4.79 Å². The molecule has 0 aliphatic carbocycles. The molecule has 2 rings (SSSR count). The van der Waals surface area contributed by atoms with Gasteiger partial charge in [0.05, 0.1) is 21.8 Å². The fourth-order valence-corrected chi connectivity index (χ4v) is 2.76. The van der Waals surface area contributed by atoms with Crippen LogP contribution in [0.3, 0.4) is 0 Å². The lowest BCUT2D eigenvalue weighted by atomic mass is 10.1. The van der Waals surface area contributed by atoms with Crippen LogP contribution in [-0.2, 0) is 4.79 Å². The molecule has 0 aromatic heterocycles. The molecule has 0 heterocycles. The van der Waals surface area contributed by atoms with Crippen molar-refractivity contribution in [1.29, 1.82) is 0 Å². The molecule has 2 aromatic rings. The Morgan fingerprint density at radius 1 is 1.09 bits per heavy atom. The minimum atomic E-state index is -0.303. The summed E-state index contributed by atoms with van der Waals surface area (Å²) in [4.78, 5) is 12.2. The van der Waals surface area contributed by atoms with Gasteiger partial charge in [-0.25, -0.2) is 4.42 Å². The summed E-state index contributed by atoms with van der Waals surface area (Å²) in [5.74, 6) is -0.182. The van der Waals surface area contributed by atoms with Crippen molar-refractivity contribution in [3.05, 3.63) is 52.5 Å². The Morgan fingerprint density at radius 3 is 2.22 bits per heavy atom. The Labute approximate surface area is 151 Å². The van der Waals surface area contributed by atoms with E-state index >= 15 is 0 Å². The number of hydrogen-bond acceptors (Lipinski definition) is 2. The number of likely N-dealkylation sites (N-methyl/N-ethyl adjacent to an activating group) is 1. The number of rotatable bonds is 5. The average Bonchev–Trinajstić information content (AvgIpc) is 2.58. The molecule has 122 valence electrons. The molecule has 1 amide bonds. The summed E-state index contributed by atoms with van der Waals surface area (Å²) in [7, 11) is 1.74. The number of hydrogen-bond donors (Lipinski definition) is 1. The highest BCUT2D eigenvalue weighted by Crippen LogP contribution is 2.30. The molecule has 0 bridgehead atoms. The topological polar surface area (TPSA) is 32.3 Å². The van der Waals surface area contributed by atoms with Gasteiger partial charge >= 0.3 is 0 Å². The van der Waals surface area contributed by atoms with Crippen LogP contribution in [0.4, 0.5) is 5.69 Å². The van der Waals surface area contributed by atoms with E-state index in [0.29, 0.717) is 22.2 Å². The summed E-state index contributed by atoms with van der Waals surface area (Å²) < 4.78 is 1.14. The van der Waals surface area contributed by atoms with E-state index in [1.54, 1.807) is 31.3 Å². The second-order valence-corrected chi connectivity index (χ2v) is 6.20. The molecule has 1 atom stereocenters. The molecular weight excluding hydrogens is 355 g/mol. The van der Waals surface area contributed by atoms with Gasteiger partial charge in [0, 0.05) is 11.8 Å². The molecule has 0 aliphatic heterocycles. The highest BCUT2D eigenvalue weighted by molar-refractivity contribution is 6.42. The van der Waals surface area contributed by atoms with Gasteiger partial charge in [0.2, 0.25) is 0 Å². The zero-order valence-electron chi connectivity index (χ0n) is 12.8. The molecule has 2 aromatic carbocycles. The maximum absolute atomic E-state index is 12.2. The third kappa shape index (κ3) is 4.18. The summed E-state index contributed by atoms with van der Waals surface area (Å²) in [6, 6.07) is 12.5. The van der Waals surface area contributed by atoms with Gasteiger partial charge < -0.3 is 5.32 Å². The van der Waals surface area contributed by atoms with E-state index in [9.17, 15) is 4.79 Å². The van der Waals surface area contributed by atoms with Crippen LogP contribution in [0.15, 0.2) is 42.5 Å². The quantitative estimate of drug-likeness (QED) is 0.738. The molecule has 3 nitrogen and oxygen atoms in total. The maximum atomic E-state index is 12.2. The lowest BCUT2D eigenvalue weighted by Gasteiger charge is -2.20. The Balaban J connectivity index is 2.21. The van der Waals surface area contributed by atoms with Crippen molar-refractivity contribution in [2.75, 3.05) is 11.5 Å². The molecule has 6 heteroatoms. The van der Waals surface area contributed by atoms with Gasteiger partial charge in [0.15, 0.2) is 0 Å². The summed E-state index contributed by atoms with van der Waals surface area (Å²) >= 11 is 18.1. The van der Waals surface area contributed by atoms with E-state index in [4.69, 9.17) is 35.0 Å². The van der Waals surface area contributed by atoms with Crippen LogP contribution in [0.2, 0.25) is 10.0 Å². The molecule has 0 aliphatic rings. The molecule has 0 unspecified atom stereocenters. The van der Waals surface area contributed by atoms with Crippen molar-refractivity contribution >= 4 is 46.6 Å². The van der Waals surface area contributed by atoms with Gasteiger partial charge in [-0.05, 0) is 48.9 Å². The molecule has 0 saturated carbocycles. The molecule has 0 saturated heterocycles. The molecule has 0 spiro atoms. The summed E-state index contributed by atoms with van der Waals surface area (Å²) in [5.41, 5.74) is 2.53. The van der Waals surface area contributed by atoms with E-state index in [1.165, 1.54) is 0 Å². The van der Waals surface area contributed by atoms with Crippen LogP contribution < -0.4 is 9.74 Å². The number of carbonyl (C=O) groups excluding carboxylic acids is 1. The van der Waals surface area contributed by atoms with Crippen molar-refractivity contribution in [2.24, 2.45) is 0 Å². The predicted molar refractivity (Wildman–Crippen MR) is 98.4 cm³/mol. The van der Waals surface area contributed by atoms with Crippen molar-refractivity contribution in [2.45, 2.75) is 19.4 Å². The molecule has 23 heavy (non-hydrogen) atoms. The first-order valence-corrected chi connectivity index (χ1v) is 8.29. The van der Waals surface area contributed by atoms with Crippen LogP contribution in [0.1, 0.15) is 13.3 Å². The second kappa shape index (κ2) is 8.02. The van der Waals surface area contributed by atoms with Gasteiger partial charge in [-0.3, -0.25) is 4.79 Å². The molecular formula is C17H17Cl3N2O. The van der Waals surface area contributed by atoms with Crippen molar-refractivity contribution in [3.8, 4) is 11.1 Å². The number of carbonyl (C=O) groups is 1. The smallest absolute Gasteiger partial charge is 0.258 e. The van der Waals surface area contributed by atoms with Gasteiger partial charge in [-0.2, -0.15) is 0 Å². The summed E-state index contributed by atoms with van der Waals surface area (Å²) in [6.07, 6.45) is 0.667. The van der Waals surface area contributed by atoms with Crippen LogP contribution in [0.25, 0.3) is 11.1 Å². The van der Waals surface area contributed by atoms with E-state index in [1.807, 2.05) is 25.1 Å². The third-order valence-electron chi connectivity index (χ3n) is 3.60. The van der Waals surface area contributed by atoms with Crippen LogP contribution in [0, 0.1) is 0 Å². The van der Waals surface area contributed by atoms with Crippen LogP contribution >= 0.6 is 35.0 Å². The average molecular weight is 372 g/mol. The normalized spacial score (nSPS) is 12.0. The first-order chi connectivity index (χ1) is 11.0. The van der Waals surface area contributed by atoms with Gasteiger partial charge in [0.1, 0.15) is 0 Å². The van der Waals surface area contributed by atoms with Gasteiger partial charge in [-0.15, -0.1) is 0 Å². The number of nitrogens with one attached hydrogen (secondary N) is 1. The largest absolute Gasteiger partial charge is 0.309 e. The minimum absolute atomic E-state index is 0.182. The zero-order chi connectivity index (χ0) is 17.0. The SMILES string of the molecule is CC[C@H](NC)C(=O)N(Cl)c1ccc(-c2ccc(Cl)c(Cl)c2)cc1. The Kier molecular flexibility index (Phi) is 6.31. The Morgan fingerprint density at radius 2 is 1.70 bits per heavy atom. The Bertz CT molecular complexity index is 685. The van der Waals surface area contributed by atoms with Crippen molar-refractivity contribution in [3.63, 3.8) is 0 Å². The van der Waals surface area contributed by atoms with E-state index in [0.717, 1.165) is 15.5 Å². The van der Waals surface area contributed by atoms with Crippen molar-refractivity contribution in [1.82, 2.24) is 5.32 Å². The first kappa shape index (κ1) is 18.1. The van der Waals surface area contributed by atoms with E-state index in [2.05, 4.69) is 5.32 Å². The first-order valence-electron chi connectivity index (χ1n) is 7.20. The fourth-order valence-electron chi connectivity index (χ4n) is 2.23. The molecule has 0 radical (unpaired) electrons. The number of halogens is 3. The third-order valence-corrected chi connectivity index (χ3v) is 4.70. The monoisotopic (exact) mass is 370 g/mol. The fraction of sp³-hybridized carbons (Fsp3) is 0.235. The Hall–Kier alpha value is -1.26. The predicted octanol–water partition coefficient (Wildman–Crippen LogP) is 5.15. The molecule has 0 fully saturated rings. The van der Waals surface area contributed by atoms with Gasteiger partial charge in [-0.1, -0.05) is 48.3 Å². The minimum Gasteiger partial charge on any atom is -0.309 e. The van der Waals surface area contributed by atoms with E-state index in [-0.39, 0.29) is 11.9 Å². The number of benzene rings is 2. The number of anilines is 1. The van der Waals surface area contributed by atoms with E-state index < -0.39 is 0 Å². The number of nitrogens with zero attached hydrogens (tertiary/aromatic N) is 1. The van der Waals surface area contributed by atoms with Crippen LogP contribution in [-0.4, -0.2) is 19.0 Å².